The van der Waals surface area contributed by atoms with E-state index in [1.165, 1.54) is 7.11 Å². The molecule has 2 aromatic rings. The van der Waals surface area contributed by atoms with Gasteiger partial charge in [0.25, 0.3) is 5.91 Å². The van der Waals surface area contributed by atoms with E-state index >= 15 is 0 Å². The van der Waals surface area contributed by atoms with E-state index in [-0.39, 0.29) is 18.1 Å². The molecule has 0 saturated heterocycles. The summed E-state index contributed by atoms with van der Waals surface area (Å²) < 4.78 is 11.0. The Bertz CT molecular complexity index is 787. The SMILES string of the molecule is COc1cc(CNc2ccc(Cl)cc2)cc(Cl)c1OCC(=O)NC(C)(C)C. The van der Waals surface area contributed by atoms with Crippen LogP contribution in [0, 0.1) is 0 Å². The van der Waals surface area contributed by atoms with Crippen LogP contribution in [-0.4, -0.2) is 25.2 Å². The number of carbonyl (C=O) groups is 1. The van der Waals surface area contributed by atoms with Crippen LogP contribution < -0.4 is 20.1 Å². The molecule has 146 valence electrons. The van der Waals surface area contributed by atoms with E-state index in [2.05, 4.69) is 10.6 Å². The number of amides is 1. The average Bonchev–Trinajstić information content (AvgIpc) is 2.58. The highest BCUT2D eigenvalue weighted by molar-refractivity contribution is 6.32. The van der Waals surface area contributed by atoms with Gasteiger partial charge in [0.15, 0.2) is 18.1 Å². The predicted molar refractivity (Wildman–Crippen MR) is 110 cm³/mol. The number of halogens is 2. The fourth-order valence-corrected chi connectivity index (χ4v) is 2.79. The van der Waals surface area contributed by atoms with Crippen molar-refractivity contribution in [1.82, 2.24) is 5.32 Å². The molecule has 5 nitrogen and oxygen atoms in total. The Kier molecular flexibility index (Phi) is 7.22. The number of carbonyl (C=O) groups excluding carboxylic acids is 1. The van der Waals surface area contributed by atoms with Crippen molar-refractivity contribution >= 4 is 34.8 Å². The molecule has 1 amide bonds. The normalized spacial score (nSPS) is 11.0. The fraction of sp³-hybridized carbons (Fsp3) is 0.350. The number of ether oxygens (including phenoxy) is 2. The molecule has 0 spiro atoms. The molecule has 0 atom stereocenters. The number of hydrogen-bond donors (Lipinski definition) is 2. The number of methoxy groups -OCH3 is 1. The molecule has 2 N–H and O–H groups in total. The van der Waals surface area contributed by atoms with Crippen molar-refractivity contribution in [3.05, 3.63) is 52.0 Å². The quantitative estimate of drug-likeness (QED) is 0.680. The Hall–Kier alpha value is -2.11. The lowest BCUT2D eigenvalue weighted by molar-refractivity contribution is -0.124. The van der Waals surface area contributed by atoms with Gasteiger partial charge in [-0.3, -0.25) is 4.79 Å². The van der Waals surface area contributed by atoms with Crippen LogP contribution in [0.15, 0.2) is 36.4 Å². The van der Waals surface area contributed by atoms with Gasteiger partial charge in [0.1, 0.15) is 0 Å². The minimum absolute atomic E-state index is 0.143. The molecule has 0 bridgehead atoms. The second kappa shape index (κ2) is 9.20. The topological polar surface area (TPSA) is 59.6 Å². The van der Waals surface area contributed by atoms with Gasteiger partial charge in [0.2, 0.25) is 0 Å². The zero-order chi connectivity index (χ0) is 20.0. The van der Waals surface area contributed by atoms with Crippen LogP contribution in [0.2, 0.25) is 10.0 Å². The molecular formula is C20H24Cl2N2O3. The summed E-state index contributed by atoms with van der Waals surface area (Å²) in [6.45, 7) is 6.11. The summed E-state index contributed by atoms with van der Waals surface area (Å²) in [6, 6.07) is 11.0. The lowest BCUT2D eigenvalue weighted by atomic mass is 10.1. The second-order valence-corrected chi connectivity index (χ2v) is 7.90. The first-order valence-electron chi connectivity index (χ1n) is 8.47. The van der Waals surface area contributed by atoms with Crippen LogP contribution in [0.5, 0.6) is 11.5 Å². The minimum Gasteiger partial charge on any atom is -0.493 e. The molecule has 0 aliphatic rings. The van der Waals surface area contributed by atoms with Crippen molar-refractivity contribution in [2.45, 2.75) is 32.9 Å². The van der Waals surface area contributed by atoms with Crippen LogP contribution in [0.1, 0.15) is 26.3 Å². The maximum Gasteiger partial charge on any atom is 0.258 e. The van der Waals surface area contributed by atoms with Crippen molar-refractivity contribution in [1.29, 1.82) is 0 Å². The van der Waals surface area contributed by atoms with E-state index in [1.54, 1.807) is 6.07 Å². The minimum atomic E-state index is -0.328. The van der Waals surface area contributed by atoms with Crippen molar-refractivity contribution < 1.29 is 14.3 Å². The van der Waals surface area contributed by atoms with Gasteiger partial charge in [-0.25, -0.2) is 0 Å². The Morgan fingerprint density at radius 3 is 2.37 bits per heavy atom. The monoisotopic (exact) mass is 410 g/mol. The van der Waals surface area contributed by atoms with Crippen LogP contribution in [-0.2, 0) is 11.3 Å². The predicted octanol–water partition coefficient (Wildman–Crippen LogP) is 4.91. The molecule has 0 aliphatic heterocycles. The number of hydrogen-bond acceptors (Lipinski definition) is 4. The van der Waals surface area contributed by atoms with Crippen molar-refractivity contribution in [3.63, 3.8) is 0 Å². The third kappa shape index (κ3) is 6.85. The smallest absolute Gasteiger partial charge is 0.258 e. The van der Waals surface area contributed by atoms with Crippen LogP contribution >= 0.6 is 23.2 Å². The van der Waals surface area contributed by atoms with E-state index in [0.717, 1.165) is 11.3 Å². The van der Waals surface area contributed by atoms with E-state index in [9.17, 15) is 4.79 Å². The summed E-state index contributed by atoms with van der Waals surface area (Å²) >= 11 is 12.2. The molecule has 0 unspecified atom stereocenters. The highest BCUT2D eigenvalue weighted by atomic mass is 35.5. The number of rotatable bonds is 7. The van der Waals surface area contributed by atoms with Gasteiger partial charge in [-0.2, -0.15) is 0 Å². The zero-order valence-corrected chi connectivity index (χ0v) is 17.4. The first-order chi connectivity index (χ1) is 12.7. The summed E-state index contributed by atoms with van der Waals surface area (Å²) in [5, 5.41) is 7.18. The molecule has 2 rings (SSSR count). The van der Waals surface area contributed by atoms with E-state index in [1.807, 2.05) is 51.1 Å². The van der Waals surface area contributed by atoms with Gasteiger partial charge in [0.05, 0.1) is 12.1 Å². The molecule has 0 heterocycles. The maximum absolute atomic E-state index is 12.0. The van der Waals surface area contributed by atoms with Crippen molar-refractivity contribution in [3.8, 4) is 11.5 Å². The van der Waals surface area contributed by atoms with Gasteiger partial charge in [-0.05, 0) is 62.7 Å². The lowest BCUT2D eigenvalue weighted by Gasteiger charge is -2.21. The van der Waals surface area contributed by atoms with E-state index in [0.29, 0.717) is 28.1 Å². The highest BCUT2D eigenvalue weighted by Gasteiger charge is 2.17. The molecule has 0 radical (unpaired) electrons. The summed E-state index contributed by atoms with van der Waals surface area (Å²) in [5.41, 5.74) is 1.53. The summed E-state index contributed by atoms with van der Waals surface area (Å²) in [6.07, 6.45) is 0. The lowest BCUT2D eigenvalue weighted by Crippen LogP contribution is -2.43. The largest absolute Gasteiger partial charge is 0.493 e. The molecule has 27 heavy (non-hydrogen) atoms. The molecular weight excluding hydrogens is 387 g/mol. The molecule has 0 aromatic heterocycles. The van der Waals surface area contributed by atoms with Gasteiger partial charge in [-0.1, -0.05) is 23.2 Å². The molecule has 0 saturated carbocycles. The van der Waals surface area contributed by atoms with Crippen LogP contribution in [0.25, 0.3) is 0 Å². The standard InChI is InChI=1S/C20H24Cl2N2O3/c1-20(2,3)24-18(25)12-27-19-16(22)9-13(10-17(19)26-4)11-23-15-7-5-14(21)6-8-15/h5-10,23H,11-12H2,1-4H3,(H,24,25). The van der Waals surface area contributed by atoms with Crippen LogP contribution in [0.3, 0.4) is 0 Å². The molecule has 0 fully saturated rings. The Balaban J connectivity index is 2.05. The first-order valence-corrected chi connectivity index (χ1v) is 9.23. The number of nitrogens with one attached hydrogen (secondary N) is 2. The van der Waals surface area contributed by atoms with Crippen molar-refractivity contribution in [2.75, 3.05) is 19.0 Å². The van der Waals surface area contributed by atoms with E-state index in [4.69, 9.17) is 32.7 Å². The maximum atomic E-state index is 12.0. The molecule has 2 aromatic carbocycles. The van der Waals surface area contributed by atoms with Gasteiger partial charge < -0.3 is 20.1 Å². The average molecular weight is 411 g/mol. The number of anilines is 1. The number of benzene rings is 2. The Morgan fingerprint density at radius 2 is 1.78 bits per heavy atom. The van der Waals surface area contributed by atoms with Crippen LogP contribution in [0.4, 0.5) is 5.69 Å². The highest BCUT2D eigenvalue weighted by Crippen LogP contribution is 2.36. The third-order valence-electron chi connectivity index (χ3n) is 3.49. The van der Waals surface area contributed by atoms with Crippen molar-refractivity contribution in [2.24, 2.45) is 0 Å². The van der Waals surface area contributed by atoms with Gasteiger partial charge >= 0.3 is 0 Å². The first kappa shape index (κ1) is 21.2. The fourth-order valence-electron chi connectivity index (χ4n) is 2.38. The Labute approximate surface area is 170 Å². The second-order valence-electron chi connectivity index (χ2n) is 7.06. The summed E-state index contributed by atoms with van der Waals surface area (Å²) in [4.78, 5) is 12.0. The summed E-state index contributed by atoms with van der Waals surface area (Å²) in [7, 11) is 1.53. The molecule has 7 heteroatoms. The van der Waals surface area contributed by atoms with E-state index < -0.39 is 0 Å². The zero-order valence-electron chi connectivity index (χ0n) is 15.9. The van der Waals surface area contributed by atoms with Gasteiger partial charge in [-0.15, -0.1) is 0 Å². The third-order valence-corrected chi connectivity index (χ3v) is 4.02. The Morgan fingerprint density at radius 1 is 1.11 bits per heavy atom. The summed E-state index contributed by atoms with van der Waals surface area (Å²) in [5.74, 6) is 0.589. The van der Waals surface area contributed by atoms with Gasteiger partial charge in [0, 0.05) is 22.8 Å². The molecule has 0 aliphatic carbocycles.